The van der Waals surface area contributed by atoms with Crippen molar-refractivity contribution in [2.75, 3.05) is 19.6 Å². The highest BCUT2D eigenvalue weighted by atomic mass is 35.5. The van der Waals surface area contributed by atoms with Crippen molar-refractivity contribution < 1.29 is 23.9 Å². The van der Waals surface area contributed by atoms with Crippen LogP contribution in [0.4, 0.5) is 4.79 Å². The molecule has 0 radical (unpaired) electrons. The van der Waals surface area contributed by atoms with Gasteiger partial charge in [-0.05, 0) is 58.4 Å². The monoisotopic (exact) mass is 413 g/mol. The number of carbonyl (C=O) groups excluding carboxylic acids is 3. The number of nitrogens with one attached hydrogen (secondary N) is 3. The maximum Gasteiger partial charge on any atom is 0.408 e. The summed E-state index contributed by atoms with van der Waals surface area (Å²) in [5, 5.41) is 8.34. The Kier molecular flexibility index (Phi) is 9.58. The van der Waals surface area contributed by atoms with Gasteiger partial charge in [0.1, 0.15) is 11.4 Å². The zero-order valence-corrected chi connectivity index (χ0v) is 17.4. The van der Waals surface area contributed by atoms with Crippen molar-refractivity contribution in [2.24, 2.45) is 0 Å². The molecule has 0 aliphatic heterocycles. The Balaban J connectivity index is 2.14. The standard InChI is InChI=1S/C19H28ClN3O5/c1-13(27-15-8-6-14(20)7-9-15)17(25)22-11-5-10-21-16(24)12-23-18(26)28-19(2,3)4/h6-9,13H,5,10-12H2,1-4H3,(H,21,24)(H,22,25)(H,23,26). The largest absolute Gasteiger partial charge is 0.481 e. The van der Waals surface area contributed by atoms with Crippen LogP contribution < -0.4 is 20.7 Å². The Labute approximate surface area is 170 Å². The van der Waals surface area contributed by atoms with Crippen LogP contribution >= 0.6 is 11.6 Å². The molecule has 1 rings (SSSR count). The minimum absolute atomic E-state index is 0.173. The van der Waals surface area contributed by atoms with E-state index >= 15 is 0 Å². The predicted molar refractivity (Wildman–Crippen MR) is 106 cm³/mol. The minimum Gasteiger partial charge on any atom is -0.481 e. The molecule has 9 heteroatoms. The number of amides is 3. The van der Waals surface area contributed by atoms with E-state index in [2.05, 4.69) is 16.0 Å². The van der Waals surface area contributed by atoms with Crippen LogP contribution in [0.3, 0.4) is 0 Å². The molecule has 0 fully saturated rings. The molecule has 28 heavy (non-hydrogen) atoms. The first kappa shape index (κ1) is 23.6. The molecule has 0 aliphatic rings. The molecule has 0 spiro atoms. The maximum atomic E-state index is 12.0. The molecule has 1 atom stereocenters. The van der Waals surface area contributed by atoms with E-state index in [0.717, 1.165) is 0 Å². The van der Waals surface area contributed by atoms with Crippen LogP contribution in [0.1, 0.15) is 34.1 Å². The number of rotatable bonds is 9. The van der Waals surface area contributed by atoms with Gasteiger partial charge in [-0.3, -0.25) is 9.59 Å². The first-order chi connectivity index (χ1) is 13.1. The second kappa shape index (κ2) is 11.4. The fourth-order valence-electron chi connectivity index (χ4n) is 1.97. The first-order valence-corrected chi connectivity index (χ1v) is 9.38. The fourth-order valence-corrected chi connectivity index (χ4v) is 2.10. The molecule has 156 valence electrons. The summed E-state index contributed by atoms with van der Waals surface area (Å²) >= 11 is 5.80. The van der Waals surface area contributed by atoms with Gasteiger partial charge in [-0.15, -0.1) is 0 Å². The molecule has 0 aliphatic carbocycles. The summed E-state index contributed by atoms with van der Waals surface area (Å²) in [5.74, 6) is -0.0405. The summed E-state index contributed by atoms with van der Waals surface area (Å²) in [5.41, 5.74) is -0.618. The quantitative estimate of drug-likeness (QED) is 0.538. The van der Waals surface area contributed by atoms with E-state index in [-0.39, 0.29) is 18.4 Å². The molecule has 3 N–H and O–H groups in total. The number of alkyl carbamates (subject to hydrolysis) is 1. The highest BCUT2D eigenvalue weighted by Gasteiger charge is 2.16. The molecule has 0 saturated heterocycles. The summed E-state index contributed by atoms with van der Waals surface area (Å²) in [6.07, 6.45) is -0.768. The average molecular weight is 414 g/mol. The molecule has 1 unspecified atom stereocenters. The van der Waals surface area contributed by atoms with Crippen molar-refractivity contribution in [2.45, 2.75) is 45.8 Å². The highest BCUT2D eigenvalue weighted by molar-refractivity contribution is 6.30. The third-order valence-corrected chi connectivity index (χ3v) is 3.51. The van der Waals surface area contributed by atoms with Gasteiger partial charge in [0.05, 0.1) is 6.54 Å². The third-order valence-electron chi connectivity index (χ3n) is 3.26. The zero-order valence-electron chi connectivity index (χ0n) is 16.6. The summed E-state index contributed by atoms with van der Waals surface area (Å²) in [7, 11) is 0. The van der Waals surface area contributed by atoms with Crippen molar-refractivity contribution in [3.8, 4) is 5.75 Å². The van der Waals surface area contributed by atoms with Crippen molar-refractivity contribution in [3.63, 3.8) is 0 Å². The molecule has 0 bridgehead atoms. The third kappa shape index (κ3) is 10.6. The lowest BCUT2D eigenvalue weighted by atomic mass is 10.2. The van der Waals surface area contributed by atoms with Crippen molar-refractivity contribution >= 4 is 29.5 Å². The number of hydrogen-bond acceptors (Lipinski definition) is 5. The van der Waals surface area contributed by atoms with E-state index in [1.54, 1.807) is 52.0 Å². The van der Waals surface area contributed by atoms with E-state index in [1.165, 1.54) is 0 Å². The van der Waals surface area contributed by atoms with Crippen LogP contribution in [0.5, 0.6) is 5.75 Å². The number of ether oxygens (including phenoxy) is 2. The summed E-state index contributed by atoms with van der Waals surface area (Å²) in [6, 6.07) is 6.74. The van der Waals surface area contributed by atoms with Crippen molar-refractivity contribution in [1.29, 1.82) is 0 Å². The smallest absolute Gasteiger partial charge is 0.408 e. The lowest BCUT2D eigenvalue weighted by Gasteiger charge is -2.19. The Morgan fingerprint density at radius 2 is 1.64 bits per heavy atom. The number of halogens is 1. The second-order valence-electron chi connectivity index (χ2n) is 7.06. The number of carbonyl (C=O) groups is 3. The van der Waals surface area contributed by atoms with Gasteiger partial charge in [-0.1, -0.05) is 11.6 Å². The number of hydrogen-bond donors (Lipinski definition) is 3. The van der Waals surface area contributed by atoms with Crippen LogP contribution in [0.15, 0.2) is 24.3 Å². The van der Waals surface area contributed by atoms with Gasteiger partial charge < -0.3 is 25.4 Å². The molecule has 3 amide bonds. The summed E-state index contributed by atoms with van der Waals surface area (Å²) in [6.45, 7) is 7.43. The van der Waals surface area contributed by atoms with Crippen LogP contribution in [0.2, 0.25) is 5.02 Å². The molecule has 1 aromatic rings. The van der Waals surface area contributed by atoms with Gasteiger partial charge >= 0.3 is 6.09 Å². The molecule has 8 nitrogen and oxygen atoms in total. The van der Waals surface area contributed by atoms with Gasteiger partial charge in [0.2, 0.25) is 5.91 Å². The van der Waals surface area contributed by atoms with Crippen molar-refractivity contribution in [3.05, 3.63) is 29.3 Å². The van der Waals surface area contributed by atoms with E-state index in [4.69, 9.17) is 21.1 Å². The molecule has 0 aromatic heterocycles. The van der Waals surface area contributed by atoms with E-state index in [0.29, 0.717) is 30.3 Å². The molecule has 1 aromatic carbocycles. The molecular weight excluding hydrogens is 386 g/mol. The summed E-state index contributed by atoms with van der Waals surface area (Å²) in [4.78, 5) is 35.1. The average Bonchev–Trinajstić information content (AvgIpc) is 2.60. The van der Waals surface area contributed by atoms with Gasteiger partial charge in [-0.25, -0.2) is 4.79 Å². The van der Waals surface area contributed by atoms with Gasteiger partial charge in [0, 0.05) is 18.1 Å². The van der Waals surface area contributed by atoms with Crippen LogP contribution in [0, 0.1) is 0 Å². The Morgan fingerprint density at radius 3 is 2.25 bits per heavy atom. The van der Waals surface area contributed by atoms with Gasteiger partial charge in [0.25, 0.3) is 5.91 Å². The Morgan fingerprint density at radius 1 is 1.04 bits per heavy atom. The maximum absolute atomic E-state index is 12.0. The fraction of sp³-hybridized carbons (Fsp3) is 0.526. The first-order valence-electron chi connectivity index (χ1n) is 9.00. The van der Waals surface area contributed by atoms with E-state index in [9.17, 15) is 14.4 Å². The molecule has 0 heterocycles. The highest BCUT2D eigenvalue weighted by Crippen LogP contribution is 2.16. The van der Waals surface area contributed by atoms with E-state index < -0.39 is 17.8 Å². The SMILES string of the molecule is CC(Oc1ccc(Cl)cc1)C(=O)NCCCNC(=O)CNC(=O)OC(C)(C)C. The second-order valence-corrected chi connectivity index (χ2v) is 7.50. The predicted octanol–water partition coefficient (Wildman–Crippen LogP) is 2.25. The van der Waals surface area contributed by atoms with Crippen LogP contribution in [-0.4, -0.2) is 49.2 Å². The van der Waals surface area contributed by atoms with Gasteiger partial charge in [-0.2, -0.15) is 0 Å². The summed E-state index contributed by atoms with van der Waals surface area (Å²) < 4.78 is 10.6. The van der Waals surface area contributed by atoms with Crippen molar-refractivity contribution in [1.82, 2.24) is 16.0 Å². The lowest BCUT2D eigenvalue weighted by Crippen LogP contribution is -2.41. The van der Waals surface area contributed by atoms with E-state index in [1.807, 2.05) is 0 Å². The van der Waals surface area contributed by atoms with Crippen LogP contribution in [-0.2, 0) is 14.3 Å². The Bertz CT molecular complexity index is 659. The lowest BCUT2D eigenvalue weighted by molar-refractivity contribution is -0.127. The number of benzene rings is 1. The zero-order chi connectivity index (χ0) is 21.2. The van der Waals surface area contributed by atoms with Crippen LogP contribution in [0.25, 0.3) is 0 Å². The molecule has 0 saturated carbocycles. The topological polar surface area (TPSA) is 106 Å². The molecular formula is C19H28ClN3O5. The normalized spacial score (nSPS) is 11.9. The Hall–Kier alpha value is -2.48. The van der Waals surface area contributed by atoms with Gasteiger partial charge in [0.15, 0.2) is 6.10 Å². The minimum atomic E-state index is -0.659.